The molecule has 4 heteroatoms. The molecule has 1 aliphatic rings. The van der Waals surface area contributed by atoms with Gasteiger partial charge in [-0.2, -0.15) is 0 Å². The van der Waals surface area contributed by atoms with Crippen LogP contribution in [0.4, 0.5) is 5.82 Å². The van der Waals surface area contributed by atoms with Crippen molar-refractivity contribution < 1.29 is 9.84 Å². The van der Waals surface area contributed by atoms with E-state index in [1.807, 2.05) is 18.2 Å². The Labute approximate surface area is 95.9 Å². The van der Waals surface area contributed by atoms with E-state index in [9.17, 15) is 0 Å². The highest BCUT2D eigenvalue weighted by Gasteiger charge is 2.24. The molecule has 0 radical (unpaired) electrons. The maximum atomic E-state index is 9.07. The monoisotopic (exact) mass is 222 g/mol. The van der Waals surface area contributed by atoms with Crippen LogP contribution in [-0.2, 0) is 11.3 Å². The summed E-state index contributed by atoms with van der Waals surface area (Å²) in [5.41, 5.74) is 0.712. The number of aliphatic hydroxyl groups excluding tert-OH is 1. The third kappa shape index (κ3) is 2.33. The molecule has 1 aliphatic heterocycles. The molecule has 0 aromatic carbocycles. The fraction of sp³-hybridized carbons (Fsp3) is 0.583. The Balaban J connectivity index is 2.20. The Morgan fingerprint density at radius 1 is 1.50 bits per heavy atom. The van der Waals surface area contributed by atoms with Gasteiger partial charge < -0.3 is 14.7 Å². The first-order chi connectivity index (χ1) is 7.70. The van der Waals surface area contributed by atoms with Crippen molar-refractivity contribution >= 4 is 5.82 Å². The molecular formula is C12H18N2O2. The van der Waals surface area contributed by atoms with Gasteiger partial charge in [0.25, 0.3) is 0 Å². The van der Waals surface area contributed by atoms with Crippen molar-refractivity contribution in [1.29, 1.82) is 0 Å². The van der Waals surface area contributed by atoms with Gasteiger partial charge in [0.1, 0.15) is 5.82 Å². The average Bonchev–Trinajstić information content (AvgIpc) is 2.32. The molecule has 1 N–H and O–H groups in total. The van der Waals surface area contributed by atoms with E-state index in [0.717, 1.165) is 19.0 Å². The Morgan fingerprint density at radius 2 is 2.31 bits per heavy atom. The lowest BCUT2D eigenvalue weighted by Gasteiger charge is -2.37. The first kappa shape index (κ1) is 11.4. The molecule has 1 fully saturated rings. The lowest BCUT2D eigenvalue weighted by atomic mass is 10.2. The molecule has 0 saturated carbocycles. The van der Waals surface area contributed by atoms with Gasteiger partial charge in [-0.25, -0.2) is 4.98 Å². The van der Waals surface area contributed by atoms with E-state index in [0.29, 0.717) is 11.7 Å². The smallest absolute Gasteiger partial charge is 0.129 e. The molecule has 4 nitrogen and oxygen atoms in total. The number of aromatic nitrogens is 1. The lowest BCUT2D eigenvalue weighted by Crippen LogP contribution is -2.47. The van der Waals surface area contributed by atoms with Crippen LogP contribution in [0.2, 0.25) is 0 Å². The van der Waals surface area contributed by atoms with E-state index in [-0.39, 0.29) is 12.7 Å². The standard InChI is InChI=1S/C12H18N2O2/c1-9-8-16-10(2)6-14(9)12-5-3-4-11(7-15)13-12/h3-5,9-10,15H,6-8H2,1-2H3. The van der Waals surface area contributed by atoms with Gasteiger partial charge >= 0.3 is 0 Å². The molecule has 16 heavy (non-hydrogen) atoms. The first-order valence-corrected chi connectivity index (χ1v) is 5.65. The van der Waals surface area contributed by atoms with Gasteiger partial charge in [-0.3, -0.25) is 0 Å². The second-order valence-electron chi connectivity index (χ2n) is 4.29. The summed E-state index contributed by atoms with van der Waals surface area (Å²) in [7, 11) is 0. The molecule has 1 saturated heterocycles. The van der Waals surface area contributed by atoms with E-state index in [1.54, 1.807) is 0 Å². The Hall–Kier alpha value is -1.13. The van der Waals surface area contributed by atoms with Crippen LogP contribution in [0.25, 0.3) is 0 Å². The normalized spacial score (nSPS) is 25.8. The molecule has 0 bridgehead atoms. The average molecular weight is 222 g/mol. The molecule has 1 aromatic rings. The van der Waals surface area contributed by atoms with Crippen LogP contribution in [0, 0.1) is 0 Å². The summed E-state index contributed by atoms with van der Waals surface area (Å²) in [4.78, 5) is 6.65. The molecule has 2 atom stereocenters. The predicted octanol–water partition coefficient (Wildman–Crippen LogP) is 1.19. The van der Waals surface area contributed by atoms with Crippen molar-refractivity contribution in [2.75, 3.05) is 18.1 Å². The van der Waals surface area contributed by atoms with Gasteiger partial charge in [0.05, 0.1) is 31.1 Å². The van der Waals surface area contributed by atoms with Gasteiger partial charge in [-0.15, -0.1) is 0 Å². The third-order valence-electron chi connectivity index (χ3n) is 2.86. The highest BCUT2D eigenvalue weighted by Crippen LogP contribution is 2.19. The first-order valence-electron chi connectivity index (χ1n) is 5.65. The Bertz CT molecular complexity index is 357. The molecule has 2 unspecified atom stereocenters. The van der Waals surface area contributed by atoms with Crippen molar-refractivity contribution in [3.63, 3.8) is 0 Å². The fourth-order valence-corrected chi connectivity index (χ4v) is 1.94. The van der Waals surface area contributed by atoms with E-state index in [4.69, 9.17) is 9.84 Å². The fourth-order valence-electron chi connectivity index (χ4n) is 1.94. The number of nitrogens with zero attached hydrogens (tertiary/aromatic N) is 2. The SMILES string of the molecule is CC1CN(c2cccc(CO)n2)C(C)CO1. The van der Waals surface area contributed by atoms with Gasteiger partial charge in [0.15, 0.2) is 0 Å². The van der Waals surface area contributed by atoms with Crippen LogP contribution in [-0.4, -0.2) is 35.4 Å². The van der Waals surface area contributed by atoms with Crippen molar-refractivity contribution in [1.82, 2.24) is 4.98 Å². The summed E-state index contributed by atoms with van der Waals surface area (Å²) in [6, 6.07) is 6.07. The van der Waals surface area contributed by atoms with Crippen molar-refractivity contribution in [3.05, 3.63) is 23.9 Å². The van der Waals surface area contributed by atoms with Crippen LogP contribution < -0.4 is 4.90 Å². The minimum absolute atomic E-state index is 0.0118. The number of pyridine rings is 1. The quantitative estimate of drug-likeness (QED) is 0.816. The lowest BCUT2D eigenvalue weighted by molar-refractivity contribution is 0.0340. The number of anilines is 1. The number of hydrogen-bond acceptors (Lipinski definition) is 4. The van der Waals surface area contributed by atoms with Crippen molar-refractivity contribution in [3.8, 4) is 0 Å². The van der Waals surface area contributed by atoms with E-state index < -0.39 is 0 Å². The Morgan fingerprint density at radius 3 is 3.06 bits per heavy atom. The highest BCUT2D eigenvalue weighted by molar-refractivity contribution is 5.41. The van der Waals surface area contributed by atoms with Crippen LogP contribution >= 0.6 is 0 Å². The topological polar surface area (TPSA) is 45.6 Å². The summed E-state index contributed by atoms with van der Waals surface area (Å²) in [6.45, 7) is 5.76. The van der Waals surface area contributed by atoms with Crippen molar-refractivity contribution in [2.24, 2.45) is 0 Å². The van der Waals surface area contributed by atoms with Gasteiger partial charge in [0.2, 0.25) is 0 Å². The van der Waals surface area contributed by atoms with E-state index in [1.165, 1.54) is 0 Å². The summed E-state index contributed by atoms with van der Waals surface area (Å²) >= 11 is 0. The largest absolute Gasteiger partial charge is 0.390 e. The number of rotatable bonds is 2. The number of hydrogen-bond donors (Lipinski definition) is 1. The molecule has 88 valence electrons. The summed E-state index contributed by atoms with van der Waals surface area (Å²) in [5, 5.41) is 9.07. The van der Waals surface area contributed by atoms with Gasteiger partial charge in [0, 0.05) is 6.54 Å². The summed E-state index contributed by atoms with van der Waals surface area (Å²) in [6.07, 6.45) is 0.232. The van der Waals surface area contributed by atoms with Crippen LogP contribution in [0.5, 0.6) is 0 Å². The van der Waals surface area contributed by atoms with Crippen LogP contribution in [0.15, 0.2) is 18.2 Å². The Kier molecular flexibility index (Phi) is 3.41. The zero-order valence-corrected chi connectivity index (χ0v) is 9.76. The summed E-state index contributed by atoms with van der Waals surface area (Å²) < 4.78 is 5.58. The molecule has 2 rings (SSSR count). The molecule has 0 aliphatic carbocycles. The highest BCUT2D eigenvalue weighted by atomic mass is 16.5. The zero-order valence-electron chi connectivity index (χ0n) is 9.76. The molecule has 2 heterocycles. The number of aliphatic hydroxyl groups is 1. The van der Waals surface area contributed by atoms with E-state index >= 15 is 0 Å². The maximum Gasteiger partial charge on any atom is 0.129 e. The third-order valence-corrected chi connectivity index (χ3v) is 2.86. The van der Waals surface area contributed by atoms with Gasteiger partial charge in [-0.05, 0) is 26.0 Å². The van der Waals surface area contributed by atoms with Crippen LogP contribution in [0.1, 0.15) is 19.5 Å². The predicted molar refractivity (Wildman–Crippen MR) is 62.4 cm³/mol. The molecule has 1 aromatic heterocycles. The molecule has 0 spiro atoms. The van der Waals surface area contributed by atoms with Crippen molar-refractivity contribution in [2.45, 2.75) is 32.6 Å². The number of ether oxygens (including phenoxy) is 1. The second kappa shape index (κ2) is 4.80. The molecule has 0 amide bonds. The van der Waals surface area contributed by atoms with Gasteiger partial charge in [-0.1, -0.05) is 6.07 Å². The summed E-state index contributed by atoms with van der Waals surface area (Å²) in [5.74, 6) is 0.925. The second-order valence-corrected chi connectivity index (χ2v) is 4.29. The molecular weight excluding hydrogens is 204 g/mol. The van der Waals surface area contributed by atoms with Crippen LogP contribution in [0.3, 0.4) is 0 Å². The number of morpholine rings is 1. The van der Waals surface area contributed by atoms with E-state index in [2.05, 4.69) is 23.7 Å². The minimum Gasteiger partial charge on any atom is -0.390 e. The maximum absolute atomic E-state index is 9.07. The minimum atomic E-state index is -0.0118. The zero-order chi connectivity index (χ0) is 11.5.